The summed E-state index contributed by atoms with van der Waals surface area (Å²) in [6.45, 7) is 5.62. The Labute approximate surface area is 196 Å². The van der Waals surface area contributed by atoms with Gasteiger partial charge < -0.3 is 19.7 Å². The molecule has 0 radical (unpaired) electrons. The minimum Gasteiger partial charge on any atom is -0.489 e. The maximum absolute atomic E-state index is 12.6. The van der Waals surface area contributed by atoms with Gasteiger partial charge in [0.2, 0.25) is 0 Å². The number of ether oxygens (including phenoxy) is 1. The van der Waals surface area contributed by atoms with E-state index in [4.69, 9.17) is 26.0 Å². The molecule has 1 amide bonds. The van der Waals surface area contributed by atoms with Crippen LogP contribution in [-0.4, -0.2) is 46.2 Å². The zero-order chi connectivity index (χ0) is 23.5. The van der Waals surface area contributed by atoms with Crippen molar-refractivity contribution in [3.05, 3.63) is 64.8 Å². The molecule has 8 nitrogen and oxygen atoms in total. The molecule has 0 spiro atoms. The highest BCUT2D eigenvalue weighted by Crippen LogP contribution is 2.31. The monoisotopic (exact) mass is 469 g/mol. The average Bonchev–Trinajstić information content (AvgIpc) is 3.23. The summed E-state index contributed by atoms with van der Waals surface area (Å²) in [5.74, 6) is -0.427. The first kappa shape index (κ1) is 22.8. The number of rotatable bonds is 8. The van der Waals surface area contributed by atoms with Crippen molar-refractivity contribution in [2.24, 2.45) is 5.92 Å². The Bertz CT molecular complexity index is 1150. The summed E-state index contributed by atoms with van der Waals surface area (Å²) in [7, 11) is 0. The number of benzene rings is 2. The van der Waals surface area contributed by atoms with Gasteiger partial charge in [-0.3, -0.25) is 14.5 Å². The fourth-order valence-corrected chi connectivity index (χ4v) is 3.75. The fourth-order valence-electron chi connectivity index (χ4n) is 3.52. The first-order valence-electron chi connectivity index (χ1n) is 10.6. The number of aliphatic carboxylic acids is 1. The third kappa shape index (κ3) is 5.53. The summed E-state index contributed by atoms with van der Waals surface area (Å²) >= 11 is 6.28. The number of amides is 1. The Kier molecular flexibility index (Phi) is 6.67. The lowest BCUT2D eigenvalue weighted by Gasteiger charge is -2.36. The molecule has 172 valence electrons. The van der Waals surface area contributed by atoms with Crippen LogP contribution in [-0.2, 0) is 11.3 Å². The zero-order valence-corrected chi connectivity index (χ0v) is 19.0. The average molecular weight is 470 g/mol. The normalized spacial score (nSPS) is 14.2. The number of anilines is 1. The van der Waals surface area contributed by atoms with E-state index in [0.29, 0.717) is 47.4 Å². The van der Waals surface area contributed by atoms with Crippen molar-refractivity contribution in [3.8, 4) is 17.1 Å². The molecule has 33 heavy (non-hydrogen) atoms. The summed E-state index contributed by atoms with van der Waals surface area (Å²) in [5.41, 5.74) is 2.50. The molecule has 1 aliphatic rings. The number of carbonyl (C=O) groups excluding carboxylic acids is 1. The molecule has 9 heteroatoms. The van der Waals surface area contributed by atoms with Gasteiger partial charge in [0.1, 0.15) is 5.75 Å². The number of halogens is 1. The maximum Gasteiger partial charge on any atom is 0.309 e. The second-order valence-electron chi connectivity index (χ2n) is 8.27. The van der Waals surface area contributed by atoms with E-state index in [0.717, 1.165) is 5.56 Å². The highest BCUT2D eigenvalue weighted by molar-refractivity contribution is 6.32. The second kappa shape index (κ2) is 9.64. The van der Waals surface area contributed by atoms with Gasteiger partial charge in [0.05, 0.1) is 17.0 Å². The molecule has 0 saturated carbocycles. The highest BCUT2D eigenvalue weighted by atomic mass is 35.5. The predicted octanol–water partition coefficient (Wildman–Crippen LogP) is 4.55. The fraction of sp³-hybridized carbons (Fsp3) is 0.292. The topological polar surface area (TPSA) is 105 Å². The van der Waals surface area contributed by atoms with Gasteiger partial charge in [-0.05, 0) is 49.7 Å². The van der Waals surface area contributed by atoms with Crippen molar-refractivity contribution in [1.29, 1.82) is 0 Å². The van der Waals surface area contributed by atoms with Gasteiger partial charge in [-0.15, -0.1) is 0 Å². The Morgan fingerprint density at radius 2 is 1.94 bits per heavy atom. The van der Waals surface area contributed by atoms with Crippen molar-refractivity contribution < 1.29 is 24.0 Å². The van der Waals surface area contributed by atoms with Crippen molar-refractivity contribution in [2.75, 3.05) is 18.4 Å². The SMILES string of the molecule is CC(C)Oc1ccc(-c2cc(C(=O)Nc3ccc(CN4CC(C(=O)O)C4)cc3)no2)cc1Cl. The predicted molar refractivity (Wildman–Crippen MR) is 124 cm³/mol. The van der Waals surface area contributed by atoms with Crippen LogP contribution >= 0.6 is 11.6 Å². The summed E-state index contributed by atoms with van der Waals surface area (Å²) in [6.07, 6.45) is 0.00278. The van der Waals surface area contributed by atoms with E-state index < -0.39 is 11.9 Å². The summed E-state index contributed by atoms with van der Waals surface area (Å²) in [5, 5.41) is 16.1. The minimum absolute atomic E-state index is 0.00278. The van der Waals surface area contributed by atoms with Crippen LogP contribution in [0.15, 0.2) is 53.1 Å². The Hall–Kier alpha value is -3.36. The third-order valence-electron chi connectivity index (χ3n) is 5.25. The van der Waals surface area contributed by atoms with Crippen molar-refractivity contribution in [2.45, 2.75) is 26.5 Å². The number of hydrogen-bond donors (Lipinski definition) is 2. The lowest BCUT2D eigenvalue weighted by Crippen LogP contribution is -2.49. The van der Waals surface area contributed by atoms with E-state index in [2.05, 4.69) is 15.4 Å². The van der Waals surface area contributed by atoms with Crippen LogP contribution in [0.1, 0.15) is 29.9 Å². The van der Waals surface area contributed by atoms with Crippen LogP contribution in [0.25, 0.3) is 11.3 Å². The van der Waals surface area contributed by atoms with E-state index in [9.17, 15) is 9.59 Å². The number of likely N-dealkylation sites (tertiary alicyclic amines) is 1. The summed E-state index contributed by atoms with van der Waals surface area (Å²) in [4.78, 5) is 25.5. The van der Waals surface area contributed by atoms with E-state index in [-0.39, 0.29) is 17.7 Å². The molecule has 1 saturated heterocycles. The van der Waals surface area contributed by atoms with Crippen LogP contribution in [0.5, 0.6) is 5.75 Å². The molecule has 0 atom stereocenters. The molecular weight excluding hydrogens is 446 g/mol. The zero-order valence-electron chi connectivity index (χ0n) is 18.2. The molecule has 0 bridgehead atoms. The minimum atomic E-state index is -0.749. The molecule has 0 unspecified atom stereocenters. The maximum atomic E-state index is 12.6. The van der Waals surface area contributed by atoms with E-state index in [1.54, 1.807) is 36.4 Å². The first-order chi connectivity index (χ1) is 15.8. The standard InChI is InChI=1S/C24H24ClN3O5/c1-14(2)32-21-8-5-16(9-19(21)25)22-10-20(27-33-22)23(29)26-18-6-3-15(4-7-18)11-28-12-17(13-28)24(30)31/h3-10,14,17H,11-13H2,1-2H3,(H,26,29)(H,30,31). The van der Waals surface area contributed by atoms with Gasteiger partial charge in [0, 0.05) is 37.0 Å². The molecule has 1 aliphatic heterocycles. The van der Waals surface area contributed by atoms with Crippen molar-refractivity contribution in [3.63, 3.8) is 0 Å². The van der Waals surface area contributed by atoms with Gasteiger partial charge in [0.25, 0.3) is 5.91 Å². The van der Waals surface area contributed by atoms with E-state index in [1.807, 2.05) is 26.0 Å². The number of carboxylic acids is 1. The van der Waals surface area contributed by atoms with E-state index >= 15 is 0 Å². The number of nitrogens with one attached hydrogen (secondary N) is 1. The number of carbonyl (C=O) groups is 2. The molecule has 4 rings (SSSR count). The van der Waals surface area contributed by atoms with Gasteiger partial charge in [-0.1, -0.05) is 28.9 Å². The number of nitrogens with zero attached hydrogens (tertiary/aromatic N) is 2. The van der Waals surface area contributed by atoms with Crippen molar-refractivity contribution >= 4 is 29.2 Å². The Balaban J connectivity index is 1.35. The molecular formula is C24H24ClN3O5. The van der Waals surface area contributed by atoms with Gasteiger partial charge in [-0.25, -0.2) is 0 Å². The lowest BCUT2D eigenvalue weighted by atomic mass is 9.99. The number of aromatic nitrogens is 1. The number of hydrogen-bond acceptors (Lipinski definition) is 6. The van der Waals surface area contributed by atoms with Gasteiger partial charge in [-0.2, -0.15) is 0 Å². The molecule has 1 fully saturated rings. The van der Waals surface area contributed by atoms with Crippen LogP contribution < -0.4 is 10.1 Å². The van der Waals surface area contributed by atoms with Crippen molar-refractivity contribution in [1.82, 2.24) is 10.1 Å². The quantitative estimate of drug-likeness (QED) is 0.498. The summed E-state index contributed by atoms with van der Waals surface area (Å²) < 4.78 is 11.0. The van der Waals surface area contributed by atoms with Crippen LogP contribution in [0, 0.1) is 5.92 Å². The molecule has 1 aromatic heterocycles. The largest absolute Gasteiger partial charge is 0.489 e. The van der Waals surface area contributed by atoms with Crippen LogP contribution in [0.3, 0.4) is 0 Å². The van der Waals surface area contributed by atoms with Gasteiger partial charge in [0.15, 0.2) is 11.5 Å². The third-order valence-corrected chi connectivity index (χ3v) is 5.54. The first-order valence-corrected chi connectivity index (χ1v) is 10.9. The van der Waals surface area contributed by atoms with Crippen LogP contribution in [0.2, 0.25) is 5.02 Å². The lowest BCUT2D eigenvalue weighted by molar-refractivity contribution is -0.147. The van der Waals surface area contributed by atoms with E-state index in [1.165, 1.54) is 0 Å². The number of carboxylic acid groups (broad SMARTS) is 1. The Morgan fingerprint density at radius 1 is 1.21 bits per heavy atom. The smallest absolute Gasteiger partial charge is 0.309 e. The molecule has 2 heterocycles. The summed E-state index contributed by atoms with van der Waals surface area (Å²) in [6, 6.07) is 14.2. The van der Waals surface area contributed by atoms with Crippen LogP contribution in [0.4, 0.5) is 5.69 Å². The molecule has 2 aromatic carbocycles. The molecule has 3 aromatic rings. The Morgan fingerprint density at radius 3 is 2.58 bits per heavy atom. The second-order valence-corrected chi connectivity index (χ2v) is 8.68. The highest BCUT2D eigenvalue weighted by Gasteiger charge is 2.32. The molecule has 0 aliphatic carbocycles. The van der Waals surface area contributed by atoms with Gasteiger partial charge >= 0.3 is 5.97 Å². The molecule has 2 N–H and O–H groups in total.